The van der Waals surface area contributed by atoms with Crippen LogP contribution in [-0.2, 0) is 16.0 Å². The molecule has 0 N–H and O–H groups in total. The van der Waals surface area contributed by atoms with Gasteiger partial charge in [0.05, 0.1) is 22.3 Å². The van der Waals surface area contributed by atoms with Gasteiger partial charge in [-0.3, -0.25) is 28.8 Å². The van der Waals surface area contributed by atoms with Crippen LogP contribution in [0.1, 0.15) is 159 Å². The van der Waals surface area contributed by atoms with Gasteiger partial charge in [-0.05, 0) is 258 Å². The molecule has 16 nitrogen and oxygen atoms in total. The number of carbonyl (C=O) groups excluding carboxylic acids is 6. The summed E-state index contributed by atoms with van der Waals surface area (Å²) < 4.78 is 62.2. The molecule has 0 atom stereocenters. The van der Waals surface area contributed by atoms with Crippen LogP contribution in [0.5, 0.6) is 11.5 Å². The number of unbranched alkanes of at least 4 members (excludes halogenated alkanes) is 2. The van der Waals surface area contributed by atoms with Crippen molar-refractivity contribution in [2.75, 3.05) is 0 Å². The number of ether oxygens (including phenoxy) is 2. The Morgan fingerprint density at radius 2 is 0.571 bits per heavy atom. The quantitative estimate of drug-likeness (QED) is 0.0256. The number of ketones is 4. The van der Waals surface area contributed by atoms with Gasteiger partial charge in [-0.2, -0.15) is 0 Å². The van der Waals surface area contributed by atoms with Gasteiger partial charge >= 0.3 is 0 Å². The fourth-order valence-corrected chi connectivity index (χ4v) is 22.9. The van der Waals surface area contributed by atoms with Gasteiger partial charge in [-0.15, -0.1) is 0 Å². The van der Waals surface area contributed by atoms with Crippen LogP contribution in [0.4, 0.5) is 0 Å². The van der Waals surface area contributed by atoms with E-state index in [0.29, 0.717) is 124 Å². The summed E-state index contributed by atoms with van der Waals surface area (Å²) in [4.78, 5) is 78.3. The minimum atomic E-state index is -0.320. The highest BCUT2D eigenvalue weighted by atomic mass is 16.5. The van der Waals surface area contributed by atoms with Gasteiger partial charge in [0.25, 0.3) is 12.9 Å². The molecule has 30 rings (SSSR count). The molecule has 22 aromatic carbocycles. The van der Waals surface area contributed by atoms with E-state index in [1.807, 2.05) is 158 Å². The maximum absolute atomic E-state index is 14.2. The molecule has 0 aromatic heterocycles. The Kier molecular flexibility index (Phi) is 20.7. The summed E-state index contributed by atoms with van der Waals surface area (Å²) >= 11 is 0. The smallest absolute Gasteiger partial charge is 0.298 e. The lowest BCUT2D eigenvalue weighted by molar-refractivity contribution is -0.121. The maximum atomic E-state index is 14.2. The van der Waals surface area contributed by atoms with E-state index in [9.17, 15) is 28.8 Å². The number of fused-ring (bicyclic) bond motifs is 2. The van der Waals surface area contributed by atoms with Crippen LogP contribution in [0.25, 0.3) is 242 Å². The minimum Gasteiger partial charge on any atom is -0.456 e. The Balaban J connectivity index is 0.000000102. The Hall–Kier alpha value is -18.5. The molecule has 0 bridgehead atoms. The molecule has 0 fully saturated rings. The van der Waals surface area contributed by atoms with E-state index in [-0.39, 0.29) is 53.2 Å². The molecule has 16 heteroatoms. The van der Waals surface area contributed by atoms with E-state index >= 15 is 0 Å². The molecule has 0 saturated carbocycles. The fourth-order valence-electron chi connectivity index (χ4n) is 22.9. The summed E-state index contributed by atoms with van der Waals surface area (Å²) in [7, 11) is 0. The molecular weight excluding hydrogens is 1830 g/mol. The molecule has 8 heterocycles. The SMILES string of the molecule is C.CC(C)c1cc2ccc3oc4cc(C(C)C)cc5ccc6oc(c1)c2c3-c6c54.CCCCCc1ccc2ccc3oc4cc(C)cc5ccc6oc1c2c3-c6c54.O=C(c1cccc2ccccc12)c1ccc2ccc3oc4c(C(=O)c5cccc6ccccc56)ccc5ccc6oc1c2c3-c6c54.O=COc1ccccc1C(=O)c1ccc2oc3ccc4c(C(=O)c5ccccc5OC=O)ccc5oc6ccc1c2c6-c3c54. The first-order valence-electron chi connectivity index (χ1n) is 49.2. The summed E-state index contributed by atoms with van der Waals surface area (Å²) in [6, 6.07) is 105. The third kappa shape index (κ3) is 13.8. The average Bonchev–Trinajstić information content (AvgIpc) is 0.910. The van der Waals surface area contributed by atoms with Crippen molar-refractivity contribution in [2.45, 2.75) is 86.5 Å². The molecule has 0 amide bonds. The number of para-hydroxylation sites is 2. The van der Waals surface area contributed by atoms with E-state index in [1.54, 1.807) is 72.8 Å². The van der Waals surface area contributed by atoms with Crippen molar-refractivity contribution in [2.24, 2.45) is 0 Å². The van der Waals surface area contributed by atoms with Crippen LogP contribution in [0.15, 0.2) is 363 Å². The second-order valence-electron chi connectivity index (χ2n) is 38.8. The first-order chi connectivity index (χ1) is 71.5. The molecule has 22 aromatic rings. The van der Waals surface area contributed by atoms with E-state index in [1.165, 1.54) is 107 Å². The molecule has 8 aliphatic rings. The van der Waals surface area contributed by atoms with E-state index < -0.39 is 0 Å². The lowest BCUT2D eigenvalue weighted by Gasteiger charge is -2.21. The average molecular weight is 1920 g/mol. The third-order valence-electron chi connectivity index (χ3n) is 29.7. The molecule has 8 aliphatic heterocycles. The van der Waals surface area contributed by atoms with Gasteiger partial charge in [0.15, 0.2) is 23.1 Å². The first kappa shape index (κ1) is 88.6. The van der Waals surface area contributed by atoms with Crippen molar-refractivity contribution in [3.8, 4) is 56.0 Å². The number of rotatable bonds is 18. The number of benzene rings is 22. The Morgan fingerprint density at radius 3 is 1.01 bits per heavy atom. The second-order valence-corrected chi connectivity index (χ2v) is 38.8. The van der Waals surface area contributed by atoms with Crippen molar-refractivity contribution in [3.63, 3.8) is 0 Å². The molecule has 147 heavy (non-hydrogen) atoms. The van der Waals surface area contributed by atoms with Gasteiger partial charge in [-0.1, -0.05) is 243 Å². The van der Waals surface area contributed by atoms with Crippen molar-refractivity contribution in [1.82, 2.24) is 0 Å². The highest BCUT2D eigenvalue weighted by Crippen LogP contribution is 2.56. The van der Waals surface area contributed by atoms with Crippen molar-refractivity contribution in [1.29, 1.82) is 0 Å². The van der Waals surface area contributed by atoms with Crippen LogP contribution in [0.2, 0.25) is 0 Å². The van der Waals surface area contributed by atoms with E-state index in [0.717, 1.165) is 116 Å². The van der Waals surface area contributed by atoms with Gasteiger partial charge in [0.1, 0.15) is 101 Å². The van der Waals surface area contributed by atoms with Crippen molar-refractivity contribution >= 4 is 233 Å². The summed E-state index contributed by atoms with van der Waals surface area (Å²) in [5, 5.41) is 19.6. The lowest BCUT2D eigenvalue weighted by Crippen LogP contribution is -2.07. The largest absolute Gasteiger partial charge is 0.456 e. The highest BCUT2D eigenvalue weighted by Gasteiger charge is 2.35. The summed E-state index contributed by atoms with van der Waals surface area (Å²) in [6.07, 6.45) is 4.72. The van der Waals surface area contributed by atoms with Crippen LogP contribution in [-0.4, -0.2) is 36.1 Å². The molecule has 0 unspecified atom stereocenters. The van der Waals surface area contributed by atoms with Crippen molar-refractivity contribution in [3.05, 3.63) is 394 Å². The molecule has 0 saturated heterocycles. The number of carbonyl (C=O) groups is 6. The van der Waals surface area contributed by atoms with Crippen LogP contribution in [0.3, 0.4) is 0 Å². The summed E-state index contributed by atoms with van der Waals surface area (Å²) in [6.45, 7) is 13.8. The van der Waals surface area contributed by atoms with E-state index in [4.69, 9.17) is 44.8 Å². The third-order valence-corrected chi connectivity index (χ3v) is 29.7. The normalized spacial score (nSPS) is 12.1. The molecule has 0 radical (unpaired) electrons. The number of aryl methyl sites for hydroxylation is 2. The Labute approximate surface area is 838 Å². The van der Waals surface area contributed by atoms with Gasteiger partial charge in [-0.25, -0.2) is 0 Å². The topological polar surface area (TPSA) is 226 Å². The van der Waals surface area contributed by atoms with Gasteiger partial charge in [0, 0.05) is 110 Å². The lowest BCUT2D eigenvalue weighted by atomic mass is 9.86. The molecule has 0 spiro atoms. The first-order valence-corrected chi connectivity index (χ1v) is 49.2. The second kappa shape index (κ2) is 34.4. The van der Waals surface area contributed by atoms with Crippen molar-refractivity contribution < 1.29 is 73.6 Å². The zero-order valence-electron chi connectivity index (χ0n) is 79.8. The fraction of sp³-hybridized carbons (Fsp3) is 0.0992. The molecule has 708 valence electrons. The molecule has 0 aliphatic carbocycles. The zero-order chi connectivity index (χ0) is 98.4. The minimum absolute atomic E-state index is 0. The highest BCUT2D eigenvalue weighted by molar-refractivity contribution is 6.34. The van der Waals surface area contributed by atoms with Crippen LogP contribution in [0, 0.1) is 6.92 Å². The zero-order valence-corrected chi connectivity index (χ0v) is 79.8. The summed E-state index contributed by atoms with van der Waals surface area (Å²) in [5.41, 5.74) is 28.8. The number of hydrogen-bond donors (Lipinski definition) is 0. The maximum Gasteiger partial charge on any atom is 0.298 e. The van der Waals surface area contributed by atoms with Gasteiger partial charge < -0.3 is 44.8 Å². The standard InChI is InChI=1S/C42H22O4.C36H18O8.2C26H22O2.CH4/c43-39(29-13-5-9-23-7-1-3-11-27(23)29)31-19-15-25-17-22-34-37-35(25)41(31)45-33-21-18-26-16-20-32(42(46-34)36(26)38(33)37)40(44)30-14-6-10-24-8-2-4-12-28(24)30;37-17-41-25-7-3-1-5-23(25)35(39)21-11-15-27-31-19(21)9-13-29-33(31)34-30(43-27)14-10-20-22(12-16-28(44-29)32(20)34)36(40)24-6-2-4-8-26(24)42-18-38;1-13(2)17-9-15-5-7-20-25-23(15)21(11-17)27-19-8-6-16-10-18(14(3)4)12-22(28-20)24(16)26(19)25;1-3-4-5-6-17-8-7-16-9-11-19-25-23(16)26(17)28-20-12-10-18-13-15(2)14-21(27-19)22(18)24(20)25;/h1-22H;1-18H;5-14H,1-4H3;7-14H,3-6H2,1-2H3;1H4. The molecular formula is C131H88O16. The van der Waals surface area contributed by atoms with Gasteiger partial charge in [0.2, 0.25) is 0 Å². The Morgan fingerprint density at radius 1 is 0.259 bits per heavy atom. The number of hydrogen-bond acceptors (Lipinski definition) is 16. The Bertz CT molecular complexity index is 9990. The monoisotopic (exact) mass is 1920 g/mol. The summed E-state index contributed by atoms with van der Waals surface area (Å²) in [5.74, 6) is 0.386. The predicted molar refractivity (Wildman–Crippen MR) is 586 cm³/mol. The van der Waals surface area contributed by atoms with Crippen LogP contribution >= 0.6 is 0 Å². The predicted octanol–water partition coefficient (Wildman–Crippen LogP) is 35.3. The van der Waals surface area contributed by atoms with E-state index in [2.05, 4.69) is 139 Å². The van der Waals surface area contributed by atoms with Crippen LogP contribution < -0.4 is 9.47 Å².